The van der Waals surface area contributed by atoms with Crippen molar-refractivity contribution in [2.24, 2.45) is 0 Å². The first kappa shape index (κ1) is 15.9. The highest BCUT2D eigenvalue weighted by Crippen LogP contribution is 2.34. The highest BCUT2D eigenvalue weighted by Gasteiger charge is 2.26. The number of hydrogen-bond acceptors (Lipinski definition) is 5. The fourth-order valence-electron chi connectivity index (χ4n) is 3.49. The summed E-state index contributed by atoms with van der Waals surface area (Å²) in [6, 6.07) is 4.28. The third-order valence-electron chi connectivity index (χ3n) is 4.66. The Bertz CT molecular complexity index is 700. The van der Waals surface area contributed by atoms with Crippen LogP contribution >= 0.6 is 0 Å². The Morgan fingerprint density at radius 1 is 1.39 bits per heavy atom. The Morgan fingerprint density at radius 2 is 2.13 bits per heavy atom. The number of rotatable bonds is 4. The van der Waals surface area contributed by atoms with Gasteiger partial charge in [-0.1, -0.05) is 0 Å². The van der Waals surface area contributed by atoms with E-state index < -0.39 is 0 Å². The normalized spacial score (nSPS) is 15.8. The van der Waals surface area contributed by atoms with Crippen molar-refractivity contribution in [1.29, 1.82) is 0 Å². The summed E-state index contributed by atoms with van der Waals surface area (Å²) in [7, 11) is 1.41. The van der Waals surface area contributed by atoms with E-state index >= 15 is 0 Å². The number of carbonyl (C=O) groups excluding carboxylic acids is 1. The van der Waals surface area contributed by atoms with Crippen LogP contribution in [0.2, 0.25) is 0 Å². The number of ether oxygens (including phenoxy) is 2. The van der Waals surface area contributed by atoms with Gasteiger partial charge in [-0.3, -0.25) is 0 Å². The molecule has 0 bridgehead atoms. The molecule has 2 heterocycles. The first-order valence-corrected chi connectivity index (χ1v) is 8.10. The lowest BCUT2D eigenvalue weighted by molar-refractivity contribution is 0.0602. The maximum atomic E-state index is 12.3. The van der Waals surface area contributed by atoms with Gasteiger partial charge in [-0.05, 0) is 38.3 Å². The number of methoxy groups -OCH3 is 1. The molecule has 2 aromatic rings. The molecular weight excluding hydrogens is 294 g/mol. The molecule has 124 valence electrons. The van der Waals surface area contributed by atoms with Crippen LogP contribution in [-0.4, -0.2) is 38.9 Å². The molecule has 0 amide bonds. The van der Waals surface area contributed by atoms with Crippen LogP contribution in [0.4, 0.5) is 5.69 Å². The van der Waals surface area contributed by atoms with Gasteiger partial charge in [-0.2, -0.15) is 0 Å². The fourth-order valence-corrected chi connectivity index (χ4v) is 3.49. The van der Waals surface area contributed by atoms with Crippen molar-refractivity contribution < 1.29 is 18.7 Å². The molecule has 0 aliphatic carbocycles. The molecule has 1 fully saturated rings. The summed E-state index contributed by atoms with van der Waals surface area (Å²) in [6.07, 6.45) is 3.61. The maximum absolute atomic E-state index is 12.3. The van der Waals surface area contributed by atoms with Gasteiger partial charge in [-0.25, -0.2) is 4.79 Å². The Balaban J connectivity index is 2.12. The molecule has 1 saturated heterocycles. The summed E-state index contributed by atoms with van der Waals surface area (Å²) in [4.78, 5) is 14.6. The third-order valence-corrected chi connectivity index (χ3v) is 4.66. The van der Waals surface area contributed by atoms with Crippen LogP contribution in [0, 0.1) is 6.92 Å². The van der Waals surface area contributed by atoms with Crippen LogP contribution < -0.4 is 4.90 Å². The summed E-state index contributed by atoms with van der Waals surface area (Å²) >= 11 is 0. The highest BCUT2D eigenvalue weighted by molar-refractivity contribution is 6.06. The van der Waals surface area contributed by atoms with Crippen LogP contribution in [0.15, 0.2) is 22.8 Å². The van der Waals surface area contributed by atoms with Crippen molar-refractivity contribution >= 4 is 22.6 Å². The molecule has 3 rings (SSSR count). The van der Waals surface area contributed by atoms with Crippen LogP contribution in [-0.2, 0) is 9.47 Å². The van der Waals surface area contributed by atoms with Gasteiger partial charge in [0.15, 0.2) is 0 Å². The van der Waals surface area contributed by atoms with E-state index in [0.717, 1.165) is 54.8 Å². The minimum absolute atomic E-state index is 0.321. The van der Waals surface area contributed by atoms with Crippen molar-refractivity contribution in [3.63, 3.8) is 0 Å². The quantitative estimate of drug-likeness (QED) is 0.807. The van der Waals surface area contributed by atoms with Gasteiger partial charge in [0.2, 0.25) is 0 Å². The lowest BCUT2D eigenvalue weighted by atomic mass is 9.99. The van der Waals surface area contributed by atoms with Crippen LogP contribution in [0.25, 0.3) is 11.0 Å². The predicted molar refractivity (Wildman–Crippen MR) is 89.2 cm³/mol. The van der Waals surface area contributed by atoms with Crippen molar-refractivity contribution in [3.05, 3.63) is 29.5 Å². The van der Waals surface area contributed by atoms with Crippen LogP contribution in [0.5, 0.6) is 0 Å². The molecule has 23 heavy (non-hydrogen) atoms. The Kier molecular flexibility index (Phi) is 4.57. The SMILES string of the molecule is CCN(c1cc2occc2c(C(=O)OC)c1C)C1CCOCC1. The minimum Gasteiger partial charge on any atom is -0.465 e. The monoisotopic (exact) mass is 317 g/mol. The summed E-state index contributed by atoms with van der Waals surface area (Å²) in [5.41, 5.74) is 3.30. The second-order valence-electron chi connectivity index (χ2n) is 5.85. The number of esters is 1. The molecule has 0 unspecified atom stereocenters. The standard InChI is InChI=1S/C18H23NO4/c1-4-19(13-5-8-22-9-6-13)15-11-16-14(7-10-23-16)17(12(15)2)18(20)21-3/h7,10-11,13H,4-6,8-9H2,1-3H3. The zero-order chi connectivity index (χ0) is 16.4. The van der Waals surface area contributed by atoms with E-state index in [-0.39, 0.29) is 5.97 Å². The molecule has 5 nitrogen and oxygen atoms in total. The van der Waals surface area contributed by atoms with E-state index in [1.165, 1.54) is 7.11 Å². The third kappa shape index (κ3) is 2.81. The summed E-state index contributed by atoms with van der Waals surface area (Å²) in [5, 5.41) is 0.807. The second kappa shape index (κ2) is 6.62. The molecule has 0 spiro atoms. The number of hydrogen-bond donors (Lipinski definition) is 0. The number of furan rings is 1. The van der Waals surface area contributed by atoms with Gasteiger partial charge in [0.05, 0.1) is 18.9 Å². The Morgan fingerprint density at radius 3 is 2.78 bits per heavy atom. The molecule has 0 radical (unpaired) electrons. The topological polar surface area (TPSA) is 51.9 Å². The molecule has 0 saturated carbocycles. The van der Waals surface area contributed by atoms with Gasteiger partial charge in [0, 0.05) is 42.9 Å². The number of carbonyl (C=O) groups is 1. The predicted octanol–water partition coefficient (Wildman–Crippen LogP) is 3.53. The molecule has 0 atom stereocenters. The Hall–Kier alpha value is -2.01. The van der Waals surface area contributed by atoms with Crippen molar-refractivity contribution in [2.75, 3.05) is 31.8 Å². The van der Waals surface area contributed by atoms with Gasteiger partial charge >= 0.3 is 5.97 Å². The molecule has 1 aliphatic rings. The van der Waals surface area contributed by atoms with Gasteiger partial charge in [0.25, 0.3) is 0 Å². The van der Waals surface area contributed by atoms with Crippen molar-refractivity contribution in [2.45, 2.75) is 32.7 Å². The van der Waals surface area contributed by atoms with E-state index in [2.05, 4.69) is 11.8 Å². The maximum Gasteiger partial charge on any atom is 0.338 e. The smallest absolute Gasteiger partial charge is 0.338 e. The average molecular weight is 317 g/mol. The zero-order valence-corrected chi connectivity index (χ0v) is 13.9. The second-order valence-corrected chi connectivity index (χ2v) is 5.85. The summed E-state index contributed by atoms with van der Waals surface area (Å²) in [5.74, 6) is -0.321. The largest absolute Gasteiger partial charge is 0.465 e. The van der Waals surface area contributed by atoms with E-state index in [1.807, 2.05) is 19.1 Å². The van der Waals surface area contributed by atoms with Gasteiger partial charge in [0.1, 0.15) is 5.58 Å². The lowest BCUT2D eigenvalue weighted by Crippen LogP contribution is -2.40. The van der Waals surface area contributed by atoms with Gasteiger partial charge in [-0.15, -0.1) is 0 Å². The van der Waals surface area contributed by atoms with Crippen molar-refractivity contribution in [3.8, 4) is 0 Å². The lowest BCUT2D eigenvalue weighted by Gasteiger charge is -2.36. The van der Waals surface area contributed by atoms with E-state index in [1.54, 1.807) is 6.26 Å². The zero-order valence-electron chi connectivity index (χ0n) is 13.9. The van der Waals surface area contributed by atoms with Crippen LogP contribution in [0.1, 0.15) is 35.7 Å². The summed E-state index contributed by atoms with van der Waals surface area (Å²) in [6.45, 7) is 6.56. The van der Waals surface area contributed by atoms with Crippen LogP contribution in [0.3, 0.4) is 0 Å². The van der Waals surface area contributed by atoms with Crippen molar-refractivity contribution in [1.82, 2.24) is 0 Å². The molecule has 1 aromatic carbocycles. The number of nitrogens with zero attached hydrogens (tertiary/aromatic N) is 1. The average Bonchev–Trinajstić information content (AvgIpc) is 3.04. The van der Waals surface area contributed by atoms with E-state index in [0.29, 0.717) is 11.6 Å². The van der Waals surface area contributed by atoms with E-state index in [9.17, 15) is 4.79 Å². The number of benzene rings is 1. The van der Waals surface area contributed by atoms with E-state index in [4.69, 9.17) is 13.9 Å². The number of fused-ring (bicyclic) bond motifs is 1. The fraction of sp³-hybridized carbons (Fsp3) is 0.500. The molecule has 1 aromatic heterocycles. The highest BCUT2D eigenvalue weighted by atomic mass is 16.5. The van der Waals surface area contributed by atoms with Gasteiger partial charge < -0.3 is 18.8 Å². The summed E-state index contributed by atoms with van der Waals surface area (Å²) < 4.78 is 16.0. The number of anilines is 1. The first-order chi connectivity index (χ1) is 11.2. The molecule has 1 aliphatic heterocycles. The minimum atomic E-state index is -0.321. The Labute approximate surface area is 136 Å². The molecule has 5 heteroatoms. The first-order valence-electron chi connectivity index (χ1n) is 8.10. The molecular formula is C18H23NO4. The molecule has 0 N–H and O–H groups in total.